The van der Waals surface area contributed by atoms with Crippen LogP contribution in [0.3, 0.4) is 0 Å². The van der Waals surface area contributed by atoms with Gasteiger partial charge in [0.1, 0.15) is 0 Å². The molecule has 4 nitrogen and oxygen atoms in total. The molecule has 0 radical (unpaired) electrons. The first-order chi connectivity index (χ1) is 15.6. The van der Waals surface area contributed by atoms with Gasteiger partial charge in [0, 0.05) is 41.5 Å². The number of rotatable bonds is 6. The minimum atomic E-state index is -2.05. The summed E-state index contributed by atoms with van der Waals surface area (Å²) in [7, 11) is -2.05. The Morgan fingerprint density at radius 3 is 0.818 bits per heavy atom. The fourth-order valence-corrected chi connectivity index (χ4v) is 11.7. The summed E-state index contributed by atoms with van der Waals surface area (Å²) in [5, 5.41) is 23.6. The summed E-state index contributed by atoms with van der Waals surface area (Å²) in [5.41, 5.74) is 2.30. The molecular formula is C27H58O4SiTi. The largest absolute Gasteiger partial charge is 0.431 e. The first kappa shape index (κ1) is 35.9. The Bertz CT molecular complexity index is 321. The molecule has 3 fully saturated rings. The third-order valence-corrected chi connectivity index (χ3v) is 13.1. The van der Waals surface area contributed by atoms with Gasteiger partial charge in [-0.2, -0.15) is 0 Å². The van der Waals surface area contributed by atoms with Gasteiger partial charge in [-0.25, -0.2) is 0 Å². The van der Waals surface area contributed by atoms with Gasteiger partial charge in [0.05, 0.1) is 0 Å². The van der Waals surface area contributed by atoms with Crippen LogP contribution in [0.1, 0.15) is 136 Å². The molecule has 0 bridgehead atoms. The van der Waals surface area contributed by atoms with E-state index in [1.54, 1.807) is 0 Å². The smallest absolute Gasteiger partial charge is 0.197 e. The Balaban J connectivity index is 0. The van der Waals surface area contributed by atoms with Crippen LogP contribution >= 0.6 is 0 Å². The summed E-state index contributed by atoms with van der Waals surface area (Å²) < 4.78 is 0. The molecule has 0 aliphatic heterocycles. The van der Waals surface area contributed by atoms with Crippen molar-refractivity contribution < 1.29 is 41.8 Å². The average Bonchev–Trinajstić information content (AvgIpc) is 2.90. The third kappa shape index (κ3) is 14.8. The topological polar surface area (TPSA) is 80.9 Å². The van der Waals surface area contributed by atoms with Crippen LogP contribution in [0.4, 0.5) is 0 Å². The van der Waals surface area contributed by atoms with Crippen molar-refractivity contribution in [1.82, 2.24) is 0 Å². The second-order valence-corrected chi connectivity index (χ2v) is 14.3. The van der Waals surface area contributed by atoms with Crippen molar-refractivity contribution >= 4 is 8.32 Å². The van der Waals surface area contributed by atoms with E-state index in [0.29, 0.717) is 19.8 Å². The maximum Gasteiger partial charge on any atom is 0.197 e. The molecular weight excluding hydrogens is 464 g/mol. The molecule has 0 aromatic rings. The maximum atomic E-state index is 12.0. The average molecular weight is 523 g/mol. The van der Waals surface area contributed by atoms with E-state index in [0.717, 1.165) is 35.9 Å². The Hall–Kier alpha value is 0.771. The summed E-state index contributed by atoms with van der Waals surface area (Å²) in [5.74, 6) is 0. The Morgan fingerprint density at radius 2 is 0.667 bits per heavy atom. The van der Waals surface area contributed by atoms with Crippen molar-refractivity contribution in [2.24, 2.45) is 0 Å². The molecule has 3 aliphatic rings. The van der Waals surface area contributed by atoms with Crippen LogP contribution < -0.4 is 0 Å². The van der Waals surface area contributed by atoms with E-state index in [9.17, 15) is 4.80 Å². The Morgan fingerprint density at radius 1 is 0.485 bits per heavy atom. The quantitative estimate of drug-likeness (QED) is 0.281. The first-order valence-corrected chi connectivity index (χ1v) is 16.3. The zero-order valence-corrected chi connectivity index (χ0v) is 24.9. The van der Waals surface area contributed by atoms with Crippen LogP contribution in [0.5, 0.6) is 0 Å². The van der Waals surface area contributed by atoms with Crippen molar-refractivity contribution in [1.29, 1.82) is 0 Å². The standard InChI is InChI=1S/C18H34OSi.3C3H8O.Ti/c19-20(16-10-4-1-5-11-16,17-12-6-2-7-13-17)18-14-8-3-9-15-18;3*1-2-3-4;/h16-19H,1-15H2;3*4H,2-3H2,1H3;. The van der Waals surface area contributed by atoms with Gasteiger partial charge < -0.3 is 20.1 Å². The fourth-order valence-electron chi connectivity index (χ4n) is 5.70. The second kappa shape index (κ2) is 24.5. The molecule has 0 aromatic heterocycles. The van der Waals surface area contributed by atoms with E-state index in [4.69, 9.17) is 15.3 Å². The van der Waals surface area contributed by atoms with Gasteiger partial charge in [-0.3, -0.25) is 0 Å². The monoisotopic (exact) mass is 522 g/mol. The zero-order chi connectivity index (χ0) is 24.1. The molecule has 0 saturated heterocycles. The maximum absolute atomic E-state index is 12.0. The summed E-state index contributed by atoms with van der Waals surface area (Å²) >= 11 is 0. The number of aliphatic hydroxyl groups excluding tert-OH is 3. The molecule has 198 valence electrons. The van der Waals surface area contributed by atoms with E-state index in [-0.39, 0.29) is 21.7 Å². The van der Waals surface area contributed by atoms with Crippen molar-refractivity contribution in [3.63, 3.8) is 0 Å². The minimum Gasteiger partial charge on any atom is -0.431 e. The summed E-state index contributed by atoms with van der Waals surface area (Å²) in [6.45, 7) is 6.75. The van der Waals surface area contributed by atoms with Crippen molar-refractivity contribution in [2.75, 3.05) is 19.8 Å². The molecule has 3 rings (SSSR count). The van der Waals surface area contributed by atoms with E-state index >= 15 is 0 Å². The molecule has 0 atom stereocenters. The van der Waals surface area contributed by atoms with Gasteiger partial charge in [-0.05, 0) is 35.9 Å². The second-order valence-electron chi connectivity index (χ2n) is 10.1. The molecule has 33 heavy (non-hydrogen) atoms. The summed E-state index contributed by atoms with van der Waals surface area (Å²) in [6, 6.07) is 0. The van der Waals surface area contributed by atoms with Gasteiger partial charge in [0.25, 0.3) is 0 Å². The van der Waals surface area contributed by atoms with Crippen LogP contribution in [0.25, 0.3) is 0 Å². The zero-order valence-electron chi connectivity index (χ0n) is 22.4. The molecule has 4 N–H and O–H groups in total. The Labute approximate surface area is 222 Å². The summed E-state index contributed by atoms with van der Waals surface area (Å²) in [4.78, 5) is 12.0. The van der Waals surface area contributed by atoms with Crippen molar-refractivity contribution in [2.45, 2.75) is 153 Å². The van der Waals surface area contributed by atoms with Crippen LogP contribution in [-0.4, -0.2) is 48.3 Å². The normalized spacial score (nSPS) is 20.1. The van der Waals surface area contributed by atoms with Gasteiger partial charge in [0.2, 0.25) is 0 Å². The van der Waals surface area contributed by atoms with Gasteiger partial charge >= 0.3 is 0 Å². The number of aliphatic hydroxyl groups is 3. The molecule has 0 aromatic carbocycles. The number of hydrogen-bond donors (Lipinski definition) is 4. The van der Waals surface area contributed by atoms with E-state index in [2.05, 4.69) is 0 Å². The molecule has 6 heteroatoms. The fraction of sp³-hybridized carbons (Fsp3) is 1.00. The van der Waals surface area contributed by atoms with Crippen LogP contribution in [0, 0.1) is 0 Å². The minimum absolute atomic E-state index is 0. The van der Waals surface area contributed by atoms with Crippen LogP contribution in [0.15, 0.2) is 0 Å². The first-order valence-electron chi connectivity index (χ1n) is 14.1. The molecule has 0 spiro atoms. The van der Waals surface area contributed by atoms with E-state index < -0.39 is 8.32 Å². The van der Waals surface area contributed by atoms with Crippen molar-refractivity contribution in [3.8, 4) is 0 Å². The SMILES string of the molecule is CCCO.CCCO.CCCO.O[Si](C1CCCCC1)(C1CCCCC1)C1CCCCC1.[Ti]. The molecule has 0 unspecified atom stereocenters. The third-order valence-electron chi connectivity index (χ3n) is 7.45. The van der Waals surface area contributed by atoms with Crippen LogP contribution in [0.2, 0.25) is 16.6 Å². The van der Waals surface area contributed by atoms with E-state index in [1.165, 1.54) is 96.3 Å². The number of hydrogen-bond acceptors (Lipinski definition) is 4. The predicted octanol–water partition coefficient (Wildman–Crippen LogP) is 7.09. The van der Waals surface area contributed by atoms with Gasteiger partial charge in [-0.15, -0.1) is 0 Å². The molecule has 0 heterocycles. The Kier molecular flexibility index (Phi) is 26.6. The van der Waals surface area contributed by atoms with Crippen molar-refractivity contribution in [3.05, 3.63) is 0 Å². The molecule has 3 aliphatic carbocycles. The molecule has 0 amide bonds. The summed E-state index contributed by atoms with van der Waals surface area (Å²) in [6.07, 6.45) is 23.5. The van der Waals surface area contributed by atoms with E-state index in [1.807, 2.05) is 20.8 Å². The van der Waals surface area contributed by atoms with Gasteiger partial charge in [-0.1, -0.05) is 117 Å². The van der Waals surface area contributed by atoms with Gasteiger partial charge in [0.15, 0.2) is 8.32 Å². The predicted molar refractivity (Wildman–Crippen MR) is 141 cm³/mol. The van der Waals surface area contributed by atoms with Crippen LogP contribution in [-0.2, 0) is 21.7 Å². The molecule has 3 saturated carbocycles.